The Balaban J connectivity index is 2.43. The van der Waals surface area contributed by atoms with E-state index in [2.05, 4.69) is 67.7 Å². The highest BCUT2D eigenvalue weighted by molar-refractivity contribution is 7.13. The fourth-order valence-electron chi connectivity index (χ4n) is 4.54. The molecule has 1 aromatic carbocycles. The van der Waals surface area contributed by atoms with Crippen molar-refractivity contribution in [1.29, 1.82) is 0 Å². The first-order chi connectivity index (χ1) is 21.0. The Kier molecular flexibility index (Phi) is 12.4. The van der Waals surface area contributed by atoms with Gasteiger partial charge in [-0.25, -0.2) is 0 Å². The maximum Gasteiger partial charge on any atom is 0.430 e. The van der Waals surface area contributed by atoms with Gasteiger partial charge in [0.05, 0.1) is 27.6 Å². The van der Waals surface area contributed by atoms with Crippen LogP contribution in [0.4, 0.5) is 26.3 Å². The summed E-state index contributed by atoms with van der Waals surface area (Å²) in [5.41, 5.74) is -4.65. The second-order valence-corrected chi connectivity index (χ2v) is 27.4. The molecule has 1 aromatic heterocycles. The van der Waals surface area contributed by atoms with E-state index in [1.54, 1.807) is 31.2 Å². The normalized spacial score (nSPS) is 16.1. The number of allylic oxidation sites excluding steroid dienone is 3. The zero-order valence-corrected chi connectivity index (χ0v) is 31.9. The van der Waals surface area contributed by atoms with E-state index in [0.717, 1.165) is 11.0 Å². The molecule has 0 amide bonds. The number of hydrogen-bond acceptors (Lipinski definition) is 5. The second-order valence-electron chi connectivity index (χ2n) is 15.3. The smallest absolute Gasteiger partial charge is 0.430 e. The monoisotopic (exact) mass is 724 g/mol. The third kappa shape index (κ3) is 8.82. The molecule has 0 saturated heterocycles. The molecular weight excluding hydrogens is 675 g/mol. The Morgan fingerprint density at radius 3 is 1.74 bits per heavy atom. The molecule has 266 valence electrons. The molecule has 0 aliphatic carbocycles. The number of aliphatic hydroxyl groups excluding tert-OH is 2. The molecule has 13 heteroatoms. The Hall–Kier alpha value is -1.91. The van der Waals surface area contributed by atoms with Crippen LogP contribution in [-0.4, -0.2) is 49.4 Å². The van der Waals surface area contributed by atoms with E-state index in [4.69, 9.17) is 4.74 Å². The molecule has 0 aliphatic heterocycles. The molecule has 0 bridgehead atoms. The summed E-state index contributed by atoms with van der Waals surface area (Å²) in [5, 5.41) is 32.7. The van der Waals surface area contributed by atoms with Gasteiger partial charge in [0.25, 0.3) is 5.60 Å². The Morgan fingerprint density at radius 1 is 0.809 bits per heavy atom. The Morgan fingerprint density at radius 2 is 1.30 bits per heavy atom. The highest BCUT2D eigenvalue weighted by atomic mass is 32.1. The largest absolute Gasteiger partial charge is 0.488 e. The number of aliphatic hydroxyl groups is 3. The first-order valence-electron chi connectivity index (χ1n) is 15.5. The van der Waals surface area contributed by atoms with E-state index in [1.807, 2.05) is 6.07 Å². The molecule has 1 heterocycles. The lowest BCUT2D eigenvalue weighted by atomic mass is 10.0. The van der Waals surface area contributed by atoms with E-state index < -0.39 is 45.6 Å². The van der Waals surface area contributed by atoms with Crippen LogP contribution in [0.3, 0.4) is 0 Å². The topological polar surface area (TPSA) is 69.9 Å². The Labute approximate surface area is 281 Å². The molecule has 0 saturated carbocycles. The van der Waals surface area contributed by atoms with Gasteiger partial charge in [0, 0.05) is 9.75 Å². The lowest BCUT2D eigenvalue weighted by Crippen LogP contribution is -2.55. The molecule has 0 radical (unpaired) electrons. The van der Waals surface area contributed by atoms with Gasteiger partial charge >= 0.3 is 12.4 Å². The van der Waals surface area contributed by atoms with Gasteiger partial charge in [-0.05, 0) is 63.5 Å². The predicted molar refractivity (Wildman–Crippen MR) is 184 cm³/mol. The van der Waals surface area contributed by atoms with E-state index in [-0.39, 0.29) is 22.8 Å². The van der Waals surface area contributed by atoms with Crippen LogP contribution in [0, 0.1) is 0 Å². The fraction of sp³-hybridized carbons (Fsp3) is 0.588. The predicted octanol–water partition coefficient (Wildman–Crippen LogP) is 10.7. The van der Waals surface area contributed by atoms with Crippen LogP contribution in [0.1, 0.15) is 87.2 Å². The molecule has 0 aliphatic rings. The highest BCUT2D eigenvalue weighted by Gasteiger charge is 2.68. The second kappa shape index (κ2) is 14.1. The van der Waals surface area contributed by atoms with Crippen molar-refractivity contribution in [2.24, 2.45) is 0 Å². The summed E-state index contributed by atoms with van der Waals surface area (Å²) < 4.78 is 84.3. The third-order valence-electron chi connectivity index (χ3n) is 10.1. The minimum absolute atomic E-state index is 0.114. The fourth-order valence-corrected chi connectivity index (χ4v) is 9.26. The van der Waals surface area contributed by atoms with Gasteiger partial charge in [0.15, 0.2) is 0 Å². The van der Waals surface area contributed by atoms with E-state index in [1.165, 1.54) is 11.3 Å². The maximum atomic E-state index is 13.0. The standard InChI is InChI=1S/C34H50F6O4SSi2/c1-12-22(14-13-19-32(43,33(35,36)37)34(38,39)40)27-18-16-24(45-27)21-44-23-15-17-25(28(41)46(8,9)30(2,3)4)26(20-23)29(42)47(10,11)31(5,6)7/h13-20,28-29,41-43H,12,21H2,1-11H3/b19-13+,22-14-. The van der Waals surface area contributed by atoms with Crippen LogP contribution in [-0.2, 0) is 6.61 Å². The van der Waals surface area contributed by atoms with Gasteiger partial charge in [0.2, 0.25) is 0 Å². The van der Waals surface area contributed by atoms with Crippen LogP contribution in [0.15, 0.2) is 48.6 Å². The number of benzene rings is 1. The summed E-state index contributed by atoms with van der Waals surface area (Å²) in [5.74, 6) is 0.492. The van der Waals surface area contributed by atoms with E-state index in [9.17, 15) is 41.7 Å². The summed E-state index contributed by atoms with van der Waals surface area (Å²) in [6.45, 7) is 23.1. The van der Waals surface area contributed by atoms with Crippen LogP contribution >= 0.6 is 11.3 Å². The van der Waals surface area contributed by atoms with Gasteiger partial charge < -0.3 is 20.1 Å². The van der Waals surface area contributed by atoms with Crippen molar-refractivity contribution in [3.8, 4) is 5.75 Å². The van der Waals surface area contributed by atoms with E-state index in [0.29, 0.717) is 39.8 Å². The molecule has 3 N–H and O–H groups in total. The van der Waals surface area contributed by atoms with Crippen molar-refractivity contribution in [1.82, 2.24) is 0 Å². The molecule has 2 rings (SSSR count). The van der Waals surface area contributed by atoms with Crippen molar-refractivity contribution in [2.75, 3.05) is 0 Å². The minimum atomic E-state index is -5.93. The van der Waals surface area contributed by atoms with Crippen LogP contribution in [0.2, 0.25) is 36.3 Å². The average molecular weight is 725 g/mol. The molecule has 2 aromatic rings. The van der Waals surface area contributed by atoms with Crippen LogP contribution in [0.5, 0.6) is 5.75 Å². The SMILES string of the molecule is CC/C(=C/C=C/C(O)(C(F)(F)F)C(F)(F)F)c1ccc(COc2ccc(C(O)[Si](C)(C)C(C)(C)C)c(C(O)[Si](C)(C)C(C)(C)C)c2)s1. The zero-order chi connectivity index (χ0) is 36.6. The summed E-state index contributed by atoms with van der Waals surface area (Å²) in [6.07, 6.45) is -10.1. The Bertz CT molecular complexity index is 1420. The summed E-state index contributed by atoms with van der Waals surface area (Å²) >= 11 is 1.28. The van der Waals surface area contributed by atoms with Gasteiger partial charge in [-0.2, -0.15) is 26.3 Å². The number of hydrogen-bond donors (Lipinski definition) is 3. The van der Waals surface area contributed by atoms with Gasteiger partial charge in [-0.3, -0.25) is 0 Å². The van der Waals surface area contributed by atoms with Gasteiger partial charge in [-0.15, -0.1) is 11.3 Å². The molecule has 2 unspecified atom stereocenters. The first kappa shape index (κ1) is 41.3. The maximum absolute atomic E-state index is 13.0. The average Bonchev–Trinajstić information content (AvgIpc) is 3.39. The van der Waals surface area contributed by atoms with Crippen molar-refractivity contribution in [3.05, 3.63) is 69.4 Å². The number of alkyl halides is 6. The first-order valence-corrected chi connectivity index (χ1v) is 22.5. The molecule has 0 spiro atoms. The number of thiophene rings is 1. The molecule has 4 nitrogen and oxygen atoms in total. The zero-order valence-electron chi connectivity index (χ0n) is 29.1. The van der Waals surface area contributed by atoms with Crippen molar-refractivity contribution in [2.45, 2.75) is 127 Å². The summed E-state index contributed by atoms with van der Waals surface area (Å²) in [7, 11) is -4.63. The third-order valence-corrected chi connectivity index (χ3v) is 22.3. The van der Waals surface area contributed by atoms with E-state index >= 15 is 0 Å². The summed E-state index contributed by atoms with van der Waals surface area (Å²) in [4.78, 5) is 1.38. The van der Waals surface area contributed by atoms with Crippen molar-refractivity contribution >= 4 is 33.1 Å². The minimum Gasteiger partial charge on any atom is -0.488 e. The lowest BCUT2D eigenvalue weighted by molar-refractivity contribution is -0.347. The number of rotatable bonds is 11. The van der Waals surface area contributed by atoms with Crippen molar-refractivity contribution < 1.29 is 46.4 Å². The quantitative estimate of drug-likeness (QED) is 0.123. The molecular formula is C34H50F6O4SSi2. The van der Waals surface area contributed by atoms with Crippen LogP contribution < -0.4 is 4.74 Å². The highest BCUT2D eigenvalue weighted by Crippen LogP contribution is 2.49. The molecule has 0 fully saturated rings. The summed E-state index contributed by atoms with van der Waals surface area (Å²) in [6, 6.07) is 8.87. The van der Waals surface area contributed by atoms with Crippen LogP contribution in [0.25, 0.3) is 5.57 Å². The number of halogens is 6. The van der Waals surface area contributed by atoms with Gasteiger partial charge in [-0.1, -0.05) is 92.9 Å². The lowest BCUT2D eigenvalue weighted by Gasteiger charge is -2.44. The molecule has 2 atom stereocenters. The van der Waals surface area contributed by atoms with Gasteiger partial charge in [0.1, 0.15) is 12.4 Å². The molecule has 47 heavy (non-hydrogen) atoms. The number of ether oxygens (including phenoxy) is 1. The van der Waals surface area contributed by atoms with Crippen molar-refractivity contribution in [3.63, 3.8) is 0 Å².